The zero-order chi connectivity index (χ0) is 14.0. The van der Waals surface area contributed by atoms with Crippen molar-refractivity contribution in [3.05, 3.63) is 57.8 Å². The number of phenolic OH excluding ortho intramolecular Hbond substituents is 1. The number of carbonyl (C=O) groups is 1. The molecule has 19 heavy (non-hydrogen) atoms. The van der Waals surface area contributed by atoms with Gasteiger partial charge in [-0.15, -0.1) is 0 Å². The van der Waals surface area contributed by atoms with E-state index in [1.165, 1.54) is 30.3 Å². The first-order chi connectivity index (χ1) is 8.97. The number of amides is 1. The average Bonchev–Trinajstić information content (AvgIpc) is 2.33. The lowest BCUT2D eigenvalue weighted by Crippen LogP contribution is -2.12. The minimum atomic E-state index is -0.496. The molecule has 98 valence electrons. The van der Waals surface area contributed by atoms with Crippen molar-refractivity contribution in [1.29, 1.82) is 0 Å². The Hall–Kier alpha value is -1.88. The molecule has 1 amide bonds. The van der Waals surface area contributed by atoms with E-state index in [2.05, 4.69) is 21.2 Å². The summed E-state index contributed by atoms with van der Waals surface area (Å²) in [6.45, 7) is 1.81. The van der Waals surface area contributed by atoms with Gasteiger partial charge in [0.1, 0.15) is 11.6 Å². The summed E-state index contributed by atoms with van der Waals surface area (Å²) in [7, 11) is 0. The number of rotatable bonds is 2. The molecule has 0 aliphatic rings. The van der Waals surface area contributed by atoms with E-state index in [4.69, 9.17) is 0 Å². The van der Waals surface area contributed by atoms with Crippen LogP contribution in [-0.2, 0) is 0 Å². The van der Waals surface area contributed by atoms with Gasteiger partial charge in [-0.2, -0.15) is 0 Å². The Labute approximate surface area is 118 Å². The van der Waals surface area contributed by atoms with Crippen LogP contribution in [0.2, 0.25) is 0 Å². The highest BCUT2D eigenvalue weighted by molar-refractivity contribution is 9.10. The van der Waals surface area contributed by atoms with Crippen LogP contribution in [0.3, 0.4) is 0 Å². The number of carbonyl (C=O) groups excluding carboxylic acids is 1. The maximum Gasteiger partial charge on any atom is 0.259 e. The van der Waals surface area contributed by atoms with Crippen LogP contribution in [0, 0.1) is 12.7 Å². The number of aromatic hydroxyl groups is 1. The van der Waals surface area contributed by atoms with E-state index in [0.29, 0.717) is 10.2 Å². The van der Waals surface area contributed by atoms with Crippen LogP contribution >= 0.6 is 15.9 Å². The number of hydrogen-bond acceptors (Lipinski definition) is 2. The average molecular weight is 324 g/mol. The predicted octanol–water partition coefficient (Wildman–Crippen LogP) is 3.85. The van der Waals surface area contributed by atoms with Gasteiger partial charge in [0.15, 0.2) is 0 Å². The molecular weight excluding hydrogens is 313 g/mol. The van der Waals surface area contributed by atoms with Crippen LogP contribution in [0.1, 0.15) is 15.9 Å². The van der Waals surface area contributed by atoms with E-state index in [-0.39, 0.29) is 11.3 Å². The summed E-state index contributed by atoms with van der Waals surface area (Å²) in [5, 5.41) is 12.3. The molecule has 0 saturated carbocycles. The van der Waals surface area contributed by atoms with E-state index >= 15 is 0 Å². The molecule has 0 unspecified atom stereocenters. The molecule has 0 aromatic heterocycles. The Morgan fingerprint density at radius 2 is 2.00 bits per heavy atom. The quantitative estimate of drug-likeness (QED) is 0.881. The summed E-state index contributed by atoms with van der Waals surface area (Å²) in [5.74, 6) is -1.06. The highest BCUT2D eigenvalue weighted by Gasteiger charge is 2.13. The van der Waals surface area contributed by atoms with E-state index in [9.17, 15) is 14.3 Å². The Kier molecular flexibility index (Phi) is 3.85. The Morgan fingerprint density at radius 3 is 2.68 bits per heavy atom. The summed E-state index contributed by atoms with van der Waals surface area (Å²) in [5.41, 5.74) is 1.30. The van der Waals surface area contributed by atoms with Crippen molar-refractivity contribution in [2.75, 3.05) is 5.32 Å². The first-order valence-corrected chi connectivity index (χ1v) is 6.32. The molecular formula is C14H11BrFNO2. The van der Waals surface area contributed by atoms with Crippen molar-refractivity contribution in [2.24, 2.45) is 0 Å². The first kappa shape index (κ1) is 13.5. The number of phenols is 1. The molecule has 0 radical (unpaired) electrons. The SMILES string of the molecule is Cc1ccc(C(=O)Nc2cc(F)ccc2Br)c(O)c1. The van der Waals surface area contributed by atoms with E-state index in [1.807, 2.05) is 6.92 Å². The maximum atomic E-state index is 13.1. The molecule has 0 saturated heterocycles. The highest BCUT2D eigenvalue weighted by atomic mass is 79.9. The zero-order valence-corrected chi connectivity index (χ0v) is 11.7. The van der Waals surface area contributed by atoms with E-state index in [0.717, 1.165) is 5.56 Å². The molecule has 0 bridgehead atoms. The summed E-state index contributed by atoms with van der Waals surface area (Å²) in [6, 6.07) is 8.72. The van der Waals surface area contributed by atoms with Crippen molar-refractivity contribution < 1.29 is 14.3 Å². The van der Waals surface area contributed by atoms with E-state index in [1.54, 1.807) is 6.07 Å². The van der Waals surface area contributed by atoms with Crippen LogP contribution in [0.5, 0.6) is 5.75 Å². The standard InChI is InChI=1S/C14H11BrFNO2/c1-8-2-4-10(13(18)6-8)14(19)17-12-7-9(16)3-5-11(12)15/h2-7,18H,1H3,(H,17,19). The molecule has 3 nitrogen and oxygen atoms in total. The van der Waals surface area contributed by atoms with Gasteiger partial charge in [-0.25, -0.2) is 4.39 Å². The minimum absolute atomic E-state index is 0.106. The van der Waals surface area contributed by atoms with Crippen LogP contribution < -0.4 is 5.32 Å². The Morgan fingerprint density at radius 1 is 1.26 bits per heavy atom. The second kappa shape index (κ2) is 5.40. The summed E-state index contributed by atoms with van der Waals surface area (Å²) < 4.78 is 13.7. The second-order valence-corrected chi connectivity index (χ2v) is 4.95. The molecule has 5 heteroatoms. The molecule has 2 aromatic carbocycles. The lowest BCUT2D eigenvalue weighted by Gasteiger charge is -2.09. The normalized spacial score (nSPS) is 10.3. The predicted molar refractivity (Wildman–Crippen MR) is 74.9 cm³/mol. The van der Waals surface area contributed by atoms with Gasteiger partial charge >= 0.3 is 0 Å². The molecule has 0 aliphatic heterocycles. The summed E-state index contributed by atoms with van der Waals surface area (Å²) >= 11 is 3.22. The Balaban J connectivity index is 2.28. The van der Waals surface area contributed by atoms with Gasteiger partial charge < -0.3 is 10.4 Å². The second-order valence-electron chi connectivity index (χ2n) is 4.10. The minimum Gasteiger partial charge on any atom is -0.507 e. The third kappa shape index (κ3) is 3.12. The molecule has 2 aromatic rings. The molecule has 0 fully saturated rings. The van der Waals surface area contributed by atoms with Crippen molar-refractivity contribution in [1.82, 2.24) is 0 Å². The number of benzene rings is 2. The maximum absolute atomic E-state index is 13.1. The van der Waals surface area contributed by atoms with Gasteiger partial charge in [0.25, 0.3) is 5.91 Å². The molecule has 0 aliphatic carbocycles. The van der Waals surface area contributed by atoms with Crippen LogP contribution in [-0.4, -0.2) is 11.0 Å². The van der Waals surface area contributed by atoms with Crippen molar-refractivity contribution in [3.8, 4) is 5.75 Å². The lowest BCUT2D eigenvalue weighted by molar-refractivity contribution is 0.102. The molecule has 0 atom stereocenters. The van der Waals surface area contributed by atoms with Gasteiger partial charge in [-0.3, -0.25) is 4.79 Å². The van der Waals surface area contributed by atoms with Crippen molar-refractivity contribution >= 4 is 27.5 Å². The van der Waals surface area contributed by atoms with Gasteiger partial charge in [-0.1, -0.05) is 6.07 Å². The van der Waals surface area contributed by atoms with Crippen LogP contribution in [0.25, 0.3) is 0 Å². The smallest absolute Gasteiger partial charge is 0.259 e. The monoisotopic (exact) mass is 323 g/mol. The molecule has 0 heterocycles. The fourth-order valence-electron chi connectivity index (χ4n) is 1.62. The van der Waals surface area contributed by atoms with Crippen molar-refractivity contribution in [2.45, 2.75) is 6.92 Å². The fraction of sp³-hybridized carbons (Fsp3) is 0.0714. The number of hydrogen-bond donors (Lipinski definition) is 2. The summed E-state index contributed by atoms with van der Waals surface area (Å²) in [6.07, 6.45) is 0. The largest absolute Gasteiger partial charge is 0.507 e. The van der Waals surface area contributed by atoms with Gasteiger partial charge in [-0.05, 0) is 58.7 Å². The van der Waals surface area contributed by atoms with Gasteiger partial charge in [0.05, 0.1) is 11.3 Å². The van der Waals surface area contributed by atoms with Crippen LogP contribution in [0.15, 0.2) is 40.9 Å². The molecule has 0 spiro atoms. The highest BCUT2D eigenvalue weighted by Crippen LogP contribution is 2.25. The first-order valence-electron chi connectivity index (χ1n) is 5.53. The molecule has 2 N–H and O–H groups in total. The van der Waals surface area contributed by atoms with Crippen molar-refractivity contribution in [3.63, 3.8) is 0 Å². The number of aryl methyl sites for hydroxylation is 1. The van der Waals surface area contributed by atoms with E-state index < -0.39 is 11.7 Å². The number of anilines is 1. The third-order valence-corrected chi connectivity index (χ3v) is 3.27. The number of halogens is 2. The zero-order valence-electron chi connectivity index (χ0n) is 10.1. The van der Waals surface area contributed by atoms with Gasteiger partial charge in [0.2, 0.25) is 0 Å². The number of nitrogens with one attached hydrogen (secondary N) is 1. The third-order valence-electron chi connectivity index (χ3n) is 2.57. The molecule has 2 rings (SSSR count). The van der Waals surface area contributed by atoms with Crippen LogP contribution in [0.4, 0.5) is 10.1 Å². The fourth-order valence-corrected chi connectivity index (χ4v) is 1.96. The lowest BCUT2D eigenvalue weighted by atomic mass is 10.1. The Bertz CT molecular complexity index is 643. The van der Waals surface area contributed by atoms with Gasteiger partial charge in [0, 0.05) is 4.47 Å². The topological polar surface area (TPSA) is 49.3 Å². The summed E-state index contributed by atoms with van der Waals surface area (Å²) in [4.78, 5) is 12.0.